The Morgan fingerprint density at radius 1 is 1.54 bits per heavy atom. The van der Waals surface area contributed by atoms with Crippen molar-refractivity contribution in [2.24, 2.45) is 5.73 Å². The fraction of sp³-hybridized carbons (Fsp3) is 0.375. The van der Waals surface area contributed by atoms with Crippen molar-refractivity contribution < 1.29 is 4.79 Å². The largest absolute Gasteiger partial charge is 0.364 e. The molecule has 1 rings (SSSR count). The van der Waals surface area contributed by atoms with E-state index in [1.54, 1.807) is 6.92 Å². The first-order valence-electron chi connectivity index (χ1n) is 3.83. The number of nitrogens with zero attached hydrogens (tertiary/aromatic N) is 3. The predicted molar refractivity (Wildman–Crippen MR) is 49.6 cm³/mol. The second-order valence-corrected chi connectivity index (χ2v) is 2.92. The molecule has 0 atom stereocenters. The Morgan fingerprint density at radius 2 is 2.15 bits per heavy atom. The van der Waals surface area contributed by atoms with Gasteiger partial charge in [0, 0.05) is 14.1 Å². The van der Waals surface area contributed by atoms with E-state index < -0.39 is 5.91 Å². The van der Waals surface area contributed by atoms with E-state index in [0.29, 0.717) is 5.69 Å². The summed E-state index contributed by atoms with van der Waals surface area (Å²) in [6.45, 7) is 1.79. The molecule has 1 aromatic heterocycles. The van der Waals surface area contributed by atoms with E-state index in [4.69, 9.17) is 5.73 Å². The molecule has 0 saturated heterocycles. The van der Waals surface area contributed by atoms with Crippen LogP contribution in [0.3, 0.4) is 0 Å². The summed E-state index contributed by atoms with van der Waals surface area (Å²) in [7, 11) is 3.72. The Hall–Kier alpha value is -1.65. The third-order valence-corrected chi connectivity index (χ3v) is 1.60. The van der Waals surface area contributed by atoms with Crippen LogP contribution in [0.15, 0.2) is 6.20 Å². The average Bonchev–Trinajstić information content (AvgIpc) is 2.03. The van der Waals surface area contributed by atoms with Crippen LogP contribution in [-0.2, 0) is 0 Å². The van der Waals surface area contributed by atoms with Gasteiger partial charge in [-0.25, -0.2) is 9.97 Å². The maximum absolute atomic E-state index is 10.7. The Labute approximate surface area is 76.6 Å². The highest BCUT2D eigenvalue weighted by Gasteiger charge is 2.07. The molecule has 0 fully saturated rings. The number of hydrogen-bond donors (Lipinski definition) is 1. The number of amides is 1. The van der Waals surface area contributed by atoms with Crippen LogP contribution < -0.4 is 10.6 Å². The Bertz CT molecular complexity index is 335. The lowest BCUT2D eigenvalue weighted by atomic mass is 10.3. The van der Waals surface area contributed by atoms with Crippen molar-refractivity contribution in [2.75, 3.05) is 19.0 Å². The molecule has 2 N–H and O–H groups in total. The molecular formula is C8H12N4O. The first-order chi connectivity index (χ1) is 6.02. The second kappa shape index (κ2) is 3.38. The molecule has 0 aliphatic heterocycles. The summed E-state index contributed by atoms with van der Waals surface area (Å²) >= 11 is 0. The zero-order chi connectivity index (χ0) is 10.0. The van der Waals surface area contributed by atoms with Crippen LogP contribution in [0.4, 0.5) is 5.82 Å². The van der Waals surface area contributed by atoms with Crippen LogP contribution in [0.5, 0.6) is 0 Å². The lowest BCUT2D eigenvalue weighted by molar-refractivity contribution is 0.0995. The minimum Gasteiger partial charge on any atom is -0.364 e. The van der Waals surface area contributed by atoms with E-state index in [9.17, 15) is 4.79 Å². The first kappa shape index (κ1) is 9.44. The minimum atomic E-state index is -0.555. The van der Waals surface area contributed by atoms with Gasteiger partial charge in [0.25, 0.3) is 5.91 Å². The van der Waals surface area contributed by atoms with Gasteiger partial charge < -0.3 is 10.6 Å². The maximum Gasteiger partial charge on any atom is 0.268 e. The monoisotopic (exact) mass is 180 g/mol. The minimum absolute atomic E-state index is 0.197. The molecule has 0 radical (unpaired) electrons. The summed E-state index contributed by atoms with van der Waals surface area (Å²) < 4.78 is 0. The number of carbonyl (C=O) groups is 1. The summed E-state index contributed by atoms with van der Waals surface area (Å²) in [5, 5.41) is 0. The summed E-state index contributed by atoms with van der Waals surface area (Å²) in [5.74, 6) is 0.186. The van der Waals surface area contributed by atoms with E-state index in [1.807, 2.05) is 19.0 Å². The van der Waals surface area contributed by atoms with E-state index in [1.165, 1.54) is 6.20 Å². The Kier molecular flexibility index (Phi) is 2.46. The fourth-order valence-electron chi connectivity index (χ4n) is 1.03. The molecule has 0 unspecified atom stereocenters. The van der Waals surface area contributed by atoms with Gasteiger partial charge in [-0.1, -0.05) is 0 Å². The fourth-order valence-corrected chi connectivity index (χ4v) is 1.03. The molecule has 1 amide bonds. The van der Waals surface area contributed by atoms with E-state index in [0.717, 1.165) is 5.82 Å². The van der Waals surface area contributed by atoms with Gasteiger partial charge in [0.1, 0.15) is 11.5 Å². The number of primary amides is 1. The number of carbonyl (C=O) groups excluding carboxylic acids is 1. The van der Waals surface area contributed by atoms with Crippen LogP contribution >= 0.6 is 0 Å². The van der Waals surface area contributed by atoms with Crippen molar-refractivity contribution in [3.05, 3.63) is 17.6 Å². The van der Waals surface area contributed by atoms with Crippen molar-refractivity contribution in [1.29, 1.82) is 0 Å². The van der Waals surface area contributed by atoms with Crippen molar-refractivity contribution in [3.63, 3.8) is 0 Å². The predicted octanol–water partition coefficient (Wildman–Crippen LogP) is -0.0501. The van der Waals surface area contributed by atoms with Gasteiger partial charge in [-0.3, -0.25) is 4.79 Å². The SMILES string of the molecule is Cc1nc(C(N)=O)cnc1N(C)C. The molecule has 1 heterocycles. The third kappa shape index (κ3) is 1.93. The molecule has 0 aromatic carbocycles. The van der Waals surface area contributed by atoms with Gasteiger partial charge >= 0.3 is 0 Å². The van der Waals surface area contributed by atoms with Gasteiger partial charge in [-0.15, -0.1) is 0 Å². The Morgan fingerprint density at radius 3 is 2.54 bits per heavy atom. The number of rotatable bonds is 2. The van der Waals surface area contributed by atoms with Crippen LogP contribution in [0.25, 0.3) is 0 Å². The average molecular weight is 180 g/mol. The lowest BCUT2D eigenvalue weighted by Crippen LogP contribution is -2.18. The number of nitrogens with two attached hydrogens (primary N) is 1. The van der Waals surface area contributed by atoms with Crippen LogP contribution in [-0.4, -0.2) is 30.0 Å². The smallest absolute Gasteiger partial charge is 0.268 e. The maximum atomic E-state index is 10.7. The van der Waals surface area contributed by atoms with Crippen molar-refractivity contribution in [2.45, 2.75) is 6.92 Å². The molecule has 5 nitrogen and oxygen atoms in total. The number of hydrogen-bond acceptors (Lipinski definition) is 4. The van der Waals surface area contributed by atoms with Crippen molar-refractivity contribution in [1.82, 2.24) is 9.97 Å². The second-order valence-electron chi connectivity index (χ2n) is 2.92. The first-order valence-corrected chi connectivity index (χ1v) is 3.83. The van der Waals surface area contributed by atoms with E-state index in [2.05, 4.69) is 9.97 Å². The van der Waals surface area contributed by atoms with Gasteiger partial charge in [0.05, 0.1) is 11.9 Å². The number of aryl methyl sites for hydroxylation is 1. The standard InChI is InChI=1S/C8H12N4O/c1-5-8(12(2)3)10-4-6(11-5)7(9)13/h4H,1-3H3,(H2,9,13). The van der Waals surface area contributed by atoms with Crippen LogP contribution in [0, 0.1) is 6.92 Å². The lowest BCUT2D eigenvalue weighted by Gasteiger charge is -2.12. The topological polar surface area (TPSA) is 72.1 Å². The Balaban J connectivity index is 3.13. The molecule has 0 saturated carbocycles. The number of anilines is 1. The van der Waals surface area contributed by atoms with Crippen molar-refractivity contribution >= 4 is 11.7 Å². The highest BCUT2D eigenvalue weighted by Crippen LogP contribution is 2.10. The molecule has 5 heteroatoms. The zero-order valence-corrected chi connectivity index (χ0v) is 7.90. The summed E-state index contributed by atoms with van der Waals surface area (Å²) in [5.41, 5.74) is 5.95. The zero-order valence-electron chi connectivity index (χ0n) is 7.90. The highest BCUT2D eigenvalue weighted by molar-refractivity contribution is 5.90. The van der Waals surface area contributed by atoms with E-state index in [-0.39, 0.29) is 5.69 Å². The number of aromatic nitrogens is 2. The molecule has 0 aliphatic carbocycles. The highest BCUT2D eigenvalue weighted by atomic mass is 16.1. The molecule has 70 valence electrons. The van der Waals surface area contributed by atoms with Gasteiger partial charge in [0.15, 0.2) is 0 Å². The van der Waals surface area contributed by atoms with Crippen LogP contribution in [0.2, 0.25) is 0 Å². The molecule has 13 heavy (non-hydrogen) atoms. The summed E-state index contributed by atoms with van der Waals surface area (Å²) in [4.78, 5) is 20.6. The molecular weight excluding hydrogens is 168 g/mol. The third-order valence-electron chi connectivity index (χ3n) is 1.60. The summed E-state index contributed by atoms with van der Waals surface area (Å²) in [6, 6.07) is 0. The quantitative estimate of drug-likeness (QED) is 0.692. The summed E-state index contributed by atoms with van der Waals surface area (Å²) in [6.07, 6.45) is 1.38. The van der Waals surface area contributed by atoms with Gasteiger partial charge in [-0.05, 0) is 6.92 Å². The van der Waals surface area contributed by atoms with Crippen LogP contribution in [0.1, 0.15) is 16.2 Å². The van der Waals surface area contributed by atoms with Gasteiger partial charge in [0.2, 0.25) is 0 Å². The van der Waals surface area contributed by atoms with E-state index >= 15 is 0 Å². The molecule has 0 bridgehead atoms. The molecule has 0 spiro atoms. The van der Waals surface area contributed by atoms with Crippen molar-refractivity contribution in [3.8, 4) is 0 Å². The van der Waals surface area contributed by atoms with Gasteiger partial charge in [-0.2, -0.15) is 0 Å². The molecule has 1 aromatic rings. The normalized spacial score (nSPS) is 9.77. The molecule has 0 aliphatic rings.